The van der Waals surface area contributed by atoms with E-state index in [9.17, 15) is 18.0 Å². The maximum Gasteiger partial charge on any atom is 0.285 e. The minimum atomic E-state index is -3.73. The van der Waals surface area contributed by atoms with Crippen molar-refractivity contribution in [2.45, 2.75) is 9.79 Å². The van der Waals surface area contributed by atoms with Crippen LogP contribution in [0.15, 0.2) is 62.7 Å². The average molecular weight is 433 g/mol. The summed E-state index contributed by atoms with van der Waals surface area (Å²) < 4.78 is 28.1. The van der Waals surface area contributed by atoms with Gasteiger partial charge >= 0.3 is 0 Å². The Labute approximate surface area is 173 Å². The average Bonchev–Trinajstić information content (AvgIpc) is 2.95. The van der Waals surface area contributed by atoms with Crippen LogP contribution >= 0.6 is 11.8 Å². The number of benzene rings is 2. The van der Waals surface area contributed by atoms with E-state index in [-0.39, 0.29) is 28.4 Å². The zero-order valence-electron chi connectivity index (χ0n) is 16.1. The number of amidine groups is 1. The topological polar surface area (TPSA) is 99.2 Å². The summed E-state index contributed by atoms with van der Waals surface area (Å²) in [5.74, 6) is -0.0774. The lowest BCUT2D eigenvalue weighted by Crippen LogP contribution is -2.34. The molecule has 3 rings (SSSR count). The molecule has 152 valence electrons. The van der Waals surface area contributed by atoms with Gasteiger partial charge in [0, 0.05) is 37.3 Å². The molecule has 2 aromatic carbocycles. The van der Waals surface area contributed by atoms with Crippen LogP contribution in [0.4, 0.5) is 10.5 Å². The molecule has 0 fully saturated rings. The third-order valence-electron chi connectivity index (χ3n) is 4.06. The molecule has 0 aromatic heterocycles. The minimum Gasteiger partial charge on any atom is -0.349 e. The Morgan fingerprint density at radius 3 is 2.34 bits per heavy atom. The van der Waals surface area contributed by atoms with Crippen LogP contribution in [0, 0.1) is 0 Å². The molecule has 1 aliphatic heterocycles. The van der Waals surface area contributed by atoms with Crippen molar-refractivity contribution in [3.05, 3.63) is 54.1 Å². The van der Waals surface area contributed by atoms with Crippen LogP contribution in [0.2, 0.25) is 0 Å². The van der Waals surface area contributed by atoms with E-state index in [0.717, 1.165) is 16.7 Å². The molecule has 1 aliphatic rings. The molecule has 0 saturated carbocycles. The van der Waals surface area contributed by atoms with Crippen LogP contribution in [-0.2, 0) is 14.8 Å². The second-order valence-electron chi connectivity index (χ2n) is 6.58. The van der Waals surface area contributed by atoms with Crippen LogP contribution in [-0.4, -0.2) is 62.9 Å². The number of sulfonamides is 1. The highest BCUT2D eigenvalue weighted by atomic mass is 32.2. The summed E-state index contributed by atoms with van der Waals surface area (Å²) in [6.07, 6.45) is 0. The molecule has 0 spiro atoms. The van der Waals surface area contributed by atoms with Crippen LogP contribution in [0.25, 0.3) is 0 Å². The van der Waals surface area contributed by atoms with Gasteiger partial charge in [0.2, 0.25) is 5.91 Å². The third kappa shape index (κ3) is 4.77. The fraction of sp³-hybridized carbons (Fsp3) is 0.211. The van der Waals surface area contributed by atoms with Crippen molar-refractivity contribution in [3.63, 3.8) is 0 Å². The fourth-order valence-electron chi connectivity index (χ4n) is 2.65. The van der Waals surface area contributed by atoms with E-state index in [1.807, 2.05) is 0 Å². The predicted octanol–water partition coefficient (Wildman–Crippen LogP) is 2.48. The molecule has 0 aliphatic carbocycles. The smallest absolute Gasteiger partial charge is 0.285 e. The van der Waals surface area contributed by atoms with E-state index >= 15 is 0 Å². The van der Waals surface area contributed by atoms with Gasteiger partial charge in [-0.25, -0.2) is 0 Å². The molecule has 0 saturated heterocycles. The normalized spacial score (nSPS) is 14.0. The fourth-order valence-corrected chi connectivity index (χ4v) is 4.56. The van der Waals surface area contributed by atoms with E-state index in [4.69, 9.17) is 0 Å². The molecule has 10 heteroatoms. The van der Waals surface area contributed by atoms with Crippen molar-refractivity contribution in [2.75, 3.05) is 33.0 Å². The summed E-state index contributed by atoms with van der Waals surface area (Å²) >= 11 is 1.09. The van der Waals surface area contributed by atoms with Crippen LogP contribution in [0.5, 0.6) is 0 Å². The summed E-state index contributed by atoms with van der Waals surface area (Å²) in [6.45, 7) is -0.0711. The number of fused-ring (bicyclic) bond motifs is 1. The predicted molar refractivity (Wildman–Crippen MR) is 113 cm³/mol. The van der Waals surface area contributed by atoms with E-state index in [0.29, 0.717) is 11.3 Å². The molecule has 1 N–H and O–H groups in total. The number of carbonyl (C=O) groups excluding carboxylic acids is 2. The molecule has 0 atom stereocenters. The first kappa shape index (κ1) is 20.9. The Hall–Kier alpha value is -2.85. The first-order valence-electron chi connectivity index (χ1n) is 8.62. The molecule has 1 heterocycles. The molecule has 0 bridgehead atoms. The number of carbonyl (C=O) groups is 2. The van der Waals surface area contributed by atoms with Crippen molar-refractivity contribution in [1.82, 2.24) is 9.80 Å². The second-order valence-corrected chi connectivity index (χ2v) is 9.17. The largest absolute Gasteiger partial charge is 0.349 e. The lowest BCUT2D eigenvalue weighted by molar-refractivity contribution is -0.116. The van der Waals surface area contributed by atoms with E-state index in [1.165, 1.54) is 15.9 Å². The zero-order chi connectivity index (χ0) is 21.2. The van der Waals surface area contributed by atoms with Crippen molar-refractivity contribution < 1.29 is 18.0 Å². The summed E-state index contributed by atoms with van der Waals surface area (Å²) in [4.78, 5) is 28.0. The maximum atomic E-state index is 12.4. The van der Waals surface area contributed by atoms with Crippen LogP contribution in [0.3, 0.4) is 0 Å². The van der Waals surface area contributed by atoms with Gasteiger partial charge in [-0.2, -0.15) is 8.42 Å². The van der Waals surface area contributed by atoms with E-state index in [1.54, 1.807) is 63.6 Å². The number of hydrogen-bond donors (Lipinski definition) is 1. The van der Waals surface area contributed by atoms with Gasteiger partial charge in [0.1, 0.15) is 4.90 Å². The Morgan fingerprint density at radius 2 is 1.69 bits per heavy atom. The number of hydrogen-bond acceptors (Lipinski definition) is 6. The zero-order valence-corrected chi connectivity index (χ0v) is 17.8. The summed E-state index contributed by atoms with van der Waals surface area (Å²) in [5, 5.41) is 2.67. The van der Waals surface area contributed by atoms with Gasteiger partial charge in [-0.05, 0) is 48.2 Å². The van der Waals surface area contributed by atoms with Gasteiger partial charge in [-0.1, -0.05) is 12.1 Å². The van der Waals surface area contributed by atoms with E-state index < -0.39 is 10.0 Å². The SMILES string of the molecule is CN(C)C(=O)Sc1ccc(NC(=O)CN(C)C2=NS(=O)(=O)c3ccccc32)cc1. The van der Waals surface area contributed by atoms with Crippen molar-refractivity contribution in [2.24, 2.45) is 4.40 Å². The summed E-state index contributed by atoms with van der Waals surface area (Å²) in [7, 11) is 1.24. The molecule has 8 nitrogen and oxygen atoms in total. The Bertz CT molecular complexity index is 1080. The highest BCUT2D eigenvalue weighted by molar-refractivity contribution is 8.13. The van der Waals surface area contributed by atoms with Crippen LogP contribution in [0.1, 0.15) is 5.56 Å². The van der Waals surface area contributed by atoms with Gasteiger partial charge in [0.15, 0.2) is 5.84 Å². The number of thioether (sulfide) groups is 1. The second kappa shape index (κ2) is 8.26. The van der Waals surface area contributed by atoms with Crippen molar-refractivity contribution in [1.29, 1.82) is 0 Å². The Kier molecular flexibility index (Phi) is 5.94. The van der Waals surface area contributed by atoms with Gasteiger partial charge in [-0.15, -0.1) is 4.40 Å². The highest BCUT2D eigenvalue weighted by Gasteiger charge is 2.30. The number of nitrogens with one attached hydrogen (secondary N) is 1. The molecule has 2 amide bonds. The number of anilines is 1. The monoisotopic (exact) mass is 432 g/mol. The number of nitrogens with zero attached hydrogens (tertiary/aromatic N) is 3. The third-order valence-corrected chi connectivity index (χ3v) is 6.44. The first-order valence-corrected chi connectivity index (χ1v) is 10.9. The van der Waals surface area contributed by atoms with Crippen molar-refractivity contribution >= 4 is 44.5 Å². The molecule has 0 radical (unpaired) electrons. The minimum absolute atomic E-state index is 0.0711. The Morgan fingerprint density at radius 1 is 1.03 bits per heavy atom. The number of amides is 2. The first-order chi connectivity index (χ1) is 13.7. The van der Waals surface area contributed by atoms with E-state index in [2.05, 4.69) is 9.71 Å². The summed E-state index contributed by atoms with van der Waals surface area (Å²) in [6, 6.07) is 13.4. The lowest BCUT2D eigenvalue weighted by Gasteiger charge is -2.18. The van der Waals surface area contributed by atoms with Gasteiger partial charge in [0.05, 0.1) is 6.54 Å². The molecule has 2 aromatic rings. The van der Waals surface area contributed by atoms with Gasteiger partial charge < -0.3 is 15.1 Å². The quantitative estimate of drug-likeness (QED) is 0.745. The Balaban J connectivity index is 1.63. The van der Waals surface area contributed by atoms with Gasteiger partial charge in [0.25, 0.3) is 15.3 Å². The lowest BCUT2D eigenvalue weighted by atomic mass is 10.2. The number of likely N-dealkylation sites (N-methyl/N-ethyl adjacent to an activating group) is 1. The van der Waals surface area contributed by atoms with Crippen molar-refractivity contribution in [3.8, 4) is 0 Å². The summed E-state index contributed by atoms with van der Waals surface area (Å²) in [5.41, 5.74) is 1.06. The van der Waals surface area contributed by atoms with Gasteiger partial charge in [-0.3, -0.25) is 9.59 Å². The number of rotatable bonds is 4. The highest BCUT2D eigenvalue weighted by Crippen LogP contribution is 2.27. The molecular formula is C19H20N4O4S2. The molecular weight excluding hydrogens is 412 g/mol. The van der Waals surface area contributed by atoms with Crippen LogP contribution < -0.4 is 5.32 Å². The maximum absolute atomic E-state index is 12.4. The molecule has 0 unspecified atom stereocenters. The molecule has 29 heavy (non-hydrogen) atoms. The standard InChI is InChI=1S/C19H20N4O4S2/c1-22(2)19(25)28-14-10-8-13(9-11-14)20-17(24)12-23(3)18-15-6-4-5-7-16(15)29(26,27)21-18/h4-11H,12H2,1-3H3,(H,20,24).